The predicted octanol–water partition coefficient (Wildman–Crippen LogP) is 3.65. The number of pyridine rings is 1. The fourth-order valence-electron chi connectivity index (χ4n) is 3.75. The topological polar surface area (TPSA) is 34.6 Å². The van der Waals surface area contributed by atoms with Crippen molar-refractivity contribution in [2.75, 3.05) is 19.7 Å². The minimum absolute atomic E-state index is 0.0226. The highest BCUT2D eigenvalue weighted by atomic mass is 32.1. The Labute approximate surface area is 147 Å². The Morgan fingerprint density at radius 1 is 1.33 bits per heavy atom. The number of nitrogens with zero attached hydrogens (tertiary/aromatic N) is 2. The molecule has 4 heterocycles. The Balaban J connectivity index is 1.29. The number of hydrogen-bond donors (Lipinski definition) is 0. The maximum absolute atomic E-state index is 6.20. The molecule has 1 atom stereocenters. The van der Waals surface area contributed by atoms with Crippen molar-refractivity contribution in [1.29, 1.82) is 0 Å². The standard InChI is InChI=1S/C19H24N2O2S/c1-15-4-5-18(24-15)13-21-9-6-19(7-10-21)11-17(14-22-19)23-16-3-2-8-20-12-16/h2-5,8,12,17H,6-7,9-11,13-14H2,1H3. The normalized spacial score (nSPS) is 23.6. The molecule has 2 fully saturated rings. The van der Waals surface area contributed by atoms with Crippen LogP contribution in [0.2, 0.25) is 0 Å². The molecule has 0 aliphatic carbocycles. The predicted molar refractivity (Wildman–Crippen MR) is 95.5 cm³/mol. The van der Waals surface area contributed by atoms with Gasteiger partial charge in [-0.1, -0.05) is 0 Å². The molecule has 2 aromatic heterocycles. The molecule has 0 bridgehead atoms. The van der Waals surface area contributed by atoms with Crippen LogP contribution >= 0.6 is 11.3 Å². The third-order valence-corrected chi connectivity index (χ3v) is 6.04. The Morgan fingerprint density at radius 2 is 2.21 bits per heavy atom. The summed E-state index contributed by atoms with van der Waals surface area (Å²) in [5.41, 5.74) is 0.0226. The van der Waals surface area contributed by atoms with Crippen LogP contribution in [0.5, 0.6) is 5.75 Å². The van der Waals surface area contributed by atoms with Crippen LogP contribution in [0.25, 0.3) is 0 Å². The number of rotatable bonds is 4. The summed E-state index contributed by atoms with van der Waals surface area (Å²) < 4.78 is 12.2. The molecule has 4 rings (SSSR count). The quantitative estimate of drug-likeness (QED) is 0.848. The molecule has 2 aromatic rings. The van der Waals surface area contributed by atoms with Gasteiger partial charge in [0.15, 0.2) is 0 Å². The first-order valence-corrected chi connectivity index (χ1v) is 9.51. The van der Waals surface area contributed by atoms with Crippen molar-refractivity contribution >= 4 is 11.3 Å². The van der Waals surface area contributed by atoms with Crippen LogP contribution in [0, 0.1) is 6.92 Å². The molecule has 1 spiro atoms. The summed E-state index contributed by atoms with van der Waals surface area (Å²) in [6.45, 7) is 6.16. The van der Waals surface area contributed by atoms with E-state index in [0.717, 1.165) is 44.6 Å². The van der Waals surface area contributed by atoms with Crippen LogP contribution in [-0.2, 0) is 11.3 Å². The summed E-state index contributed by atoms with van der Waals surface area (Å²) in [6, 6.07) is 8.34. The second-order valence-corrected chi connectivity index (χ2v) is 8.29. The lowest BCUT2D eigenvalue weighted by Crippen LogP contribution is -2.43. The van der Waals surface area contributed by atoms with Gasteiger partial charge in [-0.3, -0.25) is 9.88 Å². The molecule has 2 aliphatic rings. The molecule has 0 radical (unpaired) electrons. The molecule has 128 valence electrons. The summed E-state index contributed by atoms with van der Waals surface area (Å²) >= 11 is 1.91. The number of aromatic nitrogens is 1. The molecule has 5 heteroatoms. The van der Waals surface area contributed by atoms with Gasteiger partial charge in [0.05, 0.1) is 18.4 Å². The highest BCUT2D eigenvalue weighted by Gasteiger charge is 2.43. The fraction of sp³-hybridized carbons (Fsp3) is 0.526. The highest BCUT2D eigenvalue weighted by molar-refractivity contribution is 7.11. The summed E-state index contributed by atoms with van der Waals surface area (Å²) in [6.07, 6.45) is 6.89. The van der Waals surface area contributed by atoms with Gasteiger partial charge >= 0.3 is 0 Å². The van der Waals surface area contributed by atoms with E-state index in [-0.39, 0.29) is 11.7 Å². The molecule has 24 heavy (non-hydrogen) atoms. The number of thiophene rings is 1. The number of likely N-dealkylation sites (tertiary alicyclic amines) is 1. The van der Waals surface area contributed by atoms with Crippen molar-refractivity contribution in [2.45, 2.75) is 44.4 Å². The lowest BCUT2D eigenvalue weighted by Gasteiger charge is -2.38. The van der Waals surface area contributed by atoms with E-state index in [1.54, 1.807) is 12.4 Å². The van der Waals surface area contributed by atoms with Crippen molar-refractivity contribution < 1.29 is 9.47 Å². The summed E-state index contributed by atoms with van der Waals surface area (Å²) in [5, 5.41) is 0. The van der Waals surface area contributed by atoms with Crippen molar-refractivity contribution in [2.24, 2.45) is 0 Å². The van der Waals surface area contributed by atoms with E-state index in [4.69, 9.17) is 9.47 Å². The highest BCUT2D eigenvalue weighted by Crippen LogP contribution is 2.37. The van der Waals surface area contributed by atoms with Crippen LogP contribution in [0.1, 0.15) is 29.0 Å². The van der Waals surface area contributed by atoms with Gasteiger partial charge in [-0.2, -0.15) is 0 Å². The lowest BCUT2D eigenvalue weighted by atomic mass is 9.88. The first-order valence-electron chi connectivity index (χ1n) is 8.69. The zero-order valence-corrected chi connectivity index (χ0v) is 14.9. The van der Waals surface area contributed by atoms with E-state index in [1.807, 2.05) is 23.5 Å². The number of aryl methyl sites for hydroxylation is 1. The maximum Gasteiger partial charge on any atom is 0.138 e. The monoisotopic (exact) mass is 344 g/mol. The van der Waals surface area contributed by atoms with E-state index in [0.29, 0.717) is 6.61 Å². The third-order valence-electron chi connectivity index (χ3n) is 5.05. The summed E-state index contributed by atoms with van der Waals surface area (Å²) in [5.74, 6) is 0.841. The summed E-state index contributed by atoms with van der Waals surface area (Å²) in [7, 11) is 0. The van der Waals surface area contributed by atoms with E-state index in [2.05, 4.69) is 28.9 Å². The van der Waals surface area contributed by atoms with E-state index in [9.17, 15) is 0 Å². The molecule has 0 N–H and O–H groups in total. The molecule has 2 aliphatic heterocycles. The van der Waals surface area contributed by atoms with Crippen molar-refractivity contribution in [3.8, 4) is 5.75 Å². The van der Waals surface area contributed by atoms with Crippen LogP contribution in [0.4, 0.5) is 0 Å². The van der Waals surface area contributed by atoms with Crippen LogP contribution in [-0.4, -0.2) is 41.3 Å². The van der Waals surface area contributed by atoms with Gasteiger partial charge in [-0.25, -0.2) is 0 Å². The first-order chi connectivity index (χ1) is 11.7. The summed E-state index contributed by atoms with van der Waals surface area (Å²) in [4.78, 5) is 9.52. The molecule has 0 amide bonds. The first kappa shape index (κ1) is 16.1. The maximum atomic E-state index is 6.20. The van der Waals surface area contributed by atoms with Gasteiger partial charge in [0.25, 0.3) is 0 Å². The molecule has 2 saturated heterocycles. The second-order valence-electron chi connectivity index (χ2n) is 6.92. The zero-order valence-electron chi connectivity index (χ0n) is 14.1. The number of ether oxygens (including phenoxy) is 2. The molecular formula is C19H24N2O2S. The SMILES string of the molecule is Cc1ccc(CN2CCC3(CC2)CC(Oc2cccnc2)CO3)s1. The zero-order chi connectivity index (χ0) is 16.4. The molecule has 0 aromatic carbocycles. The van der Waals surface area contributed by atoms with Gasteiger partial charge in [0, 0.05) is 42.0 Å². The van der Waals surface area contributed by atoms with Gasteiger partial charge in [0.1, 0.15) is 11.9 Å². The average molecular weight is 344 g/mol. The average Bonchev–Trinajstić information content (AvgIpc) is 3.18. The van der Waals surface area contributed by atoms with Crippen molar-refractivity contribution in [3.63, 3.8) is 0 Å². The smallest absolute Gasteiger partial charge is 0.138 e. The number of piperidine rings is 1. The van der Waals surface area contributed by atoms with Gasteiger partial charge < -0.3 is 9.47 Å². The van der Waals surface area contributed by atoms with Gasteiger partial charge in [-0.05, 0) is 44.0 Å². The van der Waals surface area contributed by atoms with Crippen molar-refractivity contribution in [1.82, 2.24) is 9.88 Å². The van der Waals surface area contributed by atoms with Crippen LogP contribution in [0.15, 0.2) is 36.7 Å². The van der Waals surface area contributed by atoms with Crippen LogP contribution in [0.3, 0.4) is 0 Å². The third kappa shape index (κ3) is 3.63. The largest absolute Gasteiger partial charge is 0.486 e. The van der Waals surface area contributed by atoms with Gasteiger partial charge in [-0.15, -0.1) is 11.3 Å². The fourth-order valence-corrected chi connectivity index (χ4v) is 4.68. The second kappa shape index (κ2) is 6.82. The lowest BCUT2D eigenvalue weighted by molar-refractivity contribution is -0.0453. The van der Waals surface area contributed by atoms with E-state index in [1.165, 1.54) is 9.75 Å². The Kier molecular flexibility index (Phi) is 4.57. The molecular weight excluding hydrogens is 320 g/mol. The Hall–Kier alpha value is -1.43. The van der Waals surface area contributed by atoms with Crippen LogP contribution < -0.4 is 4.74 Å². The Morgan fingerprint density at radius 3 is 2.92 bits per heavy atom. The molecule has 1 unspecified atom stereocenters. The minimum atomic E-state index is 0.0226. The minimum Gasteiger partial charge on any atom is -0.486 e. The molecule has 0 saturated carbocycles. The van der Waals surface area contributed by atoms with E-state index >= 15 is 0 Å². The van der Waals surface area contributed by atoms with Gasteiger partial charge in [0.2, 0.25) is 0 Å². The van der Waals surface area contributed by atoms with E-state index < -0.39 is 0 Å². The number of hydrogen-bond acceptors (Lipinski definition) is 5. The van der Waals surface area contributed by atoms with Crippen molar-refractivity contribution in [3.05, 3.63) is 46.4 Å². The molecule has 4 nitrogen and oxygen atoms in total. The Bertz CT molecular complexity index is 665.